The van der Waals surface area contributed by atoms with Crippen LogP contribution >= 0.6 is 0 Å². The highest BCUT2D eigenvalue weighted by Crippen LogP contribution is 2.29. The Hall–Kier alpha value is -3.17. The zero-order valence-electron chi connectivity index (χ0n) is 17.9. The molecule has 2 aromatic heterocycles. The average Bonchev–Trinajstić information content (AvgIpc) is 3.43. The van der Waals surface area contributed by atoms with E-state index in [2.05, 4.69) is 10.5 Å². The first kappa shape index (κ1) is 22.0. The number of nitrogens with zero attached hydrogens (tertiary/aromatic N) is 2. The minimum atomic E-state index is -3.82. The van der Waals surface area contributed by atoms with Crippen LogP contribution in [-0.4, -0.2) is 36.9 Å². The summed E-state index contributed by atoms with van der Waals surface area (Å²) in [7, 11) is -3.82. The Kier molecular flexibility index (Phi) is 6.29. The molecule has 1 aliphatic heterocycles. The van der Waals surface area contributed by atoms with Crippen LogP contribution in [0.15, 0.2) is 56.5 Å². The predicted octanol–water partition coefficient (Wildman–Crippen LogP) is 4.09. The summed E-state index contributed by atoms with van der Waals surface area (Å²) in [6.45, 7) is 4.08. The molecular weight excluding hydrogens is 430 g/mol. The molecule has 9 heteroatoms. The van der Waals surface area contributed by atoms with Crippen LogP contribution in [0.1, 0.15) is 35.6 Å². The molecule has 1 aromatic carbocycles. The van der Waals surface area contributed by atoms with Crippen molar-refractivity contribution in [2.75, 3.05) is 18.4 Å². The molecule has 1 fully saturated rings. The van der Waals surface area contributed by atoms with Crippen LogP contribution in [0.2, 0.25) is 0 Å². The number of sulfonamides is 1. The third-order valence-corrected chi connectivity index (χ3v) is 7.57. The van der Waals surface area contributed by atoms with E-state index in [9.17, 15) is 13.2 Å². The van der Waals surface area contributed by atoms with Gasteiger partial charge in [0.05, 0.1) is 6.26 Å². The van der Waals surface area contributed by atoms with Crippen LogP contribution < -0.4 is 5.32 Å². The number of benzene rings is 1. The Bertz CT molecular complexity index is 1200. The SMILES string of the molecule is Cc1ccc(NC(=O)C2CCN(S(=O)(=O)c3c(C)noc3/C=C/c3ccco3)CC2)cc1. The fourth-order valence-corrected chi connectivity index (χ4v) is 5.43. The largest absolute Gasteiger partial charge is 0.465 e. The number of aryl methyl sites for hydroxylation is 2. The van der Waals surface area contributed by atoms with Gasteiger partial charge >= 0.3 is 0 Å². The van der Waals surface area contributed by atoms with Crippen LogP contribution in [-0.2, 0) is 14.8 Å². The predicted molar refractivity (Wildman–Crippen MR) is 120 cm³/mol. The highest BCUT2D eigenvalue weighted by atomic mass is 32.2. The van der Waals surface area contributed by atoms with Crippen LogP contribution in [0, 0.1) is 19.8 Å². The van der Waals surface area contributed by atoms with Gasteiger partial charge in [-0.3, -0.25) is 4.79 Å². The van der Waals surface area contributed by atoms with E-state index in [1.165, 1.54) is 16.6 Å². The van der Waals surface area contributed by atoms with Crippen molar-refractivity contribution in [1.82, 2.24) is 9.46 Å². The molecule has 0 spiro atoms. The number of carbonyl (C=O) groups excluding carboxylic acids is 1. The van der Waals surface area contributed by atoms with Gasteiger partial charge in [-0.2, -0.15) is 4.31 Å². The first-order valence-corrected chi connectivity index (χ1v) is 11.8. The Morgan fingerprint density at radius 3 is 2.50 bits per heavy atom. The number of hydrogen-bond donors (Lipinski definition) is 1. The fourth-order valence-electron chi connectivity index (χ4n) is 3.71. The second-order valence-electron chi connectivity index (χ2n) is 7.84. The van der Waals surface area contributed by atoms with Gasteiger partial charge in [-0.1, -0.05) is 22.9 Å². The summed E-state index contributed by atoms with van der Waals surface area (Å²) < 4.78 is 38.5. The van der Waals surface area contributed by atoms with Gasteiger partial charge in [0, 0.05) is 24.7 Å². The normalized spacial score (nSPS) is 15.9. The van der Waals surface area contributed by atoms with Crippen LogP contribution in [0.25, 0.3) is 12.2 Å². The van der Waals surface area contributed by atoms with Crippen LogP contribution in [0.5, 0.6) is 0 Å². The monoisotopic (exact) mass is 455 g/mol. The molecule has 168 valence electrons. The Morgan fingerprint density at radius 2 is 1.84 bits per heavy atom. The number of amides is 1. The molecule has 0 atom stereocenters. The third-order valence-electron chi connectivity index (χ3n) is 5.52. The van der Waals surface area contributed by atoms with E-state index in [1.54, 1.807) is 25.1 Å². The van der Waals surface area contributed by atoms with Crippen molar-refractivity contribution in [3.05, 3.63) is 65.4 Å². The summed E-state index contributed by atoms with van der Waals surface area (Å²) >= 11 is 0. The number of piperidine rings is 1. The summed E-state index contributed by atoms with van der Waals surface area (Å²) in [6.07, 6.45) is 5.58. The molecule has 0 radical (unpaired) electrons. The Morgan fingerprint density at radius 1 is 1.12 bits per heavy atom. The molecule has 3 heterocycles. The van der Waals surface area contributed by atoms with E-state index in [1.807, 2.05) is 31.2 Å². The van der Waals surface area contributed by atoms with E-state index in [0.717, 1.165) is 11.3 Å². The highest BCUT2D eigenvalue weighted by Gasteiger charge is 2.35. The highest BCUT2D eigenvalue weighted by molar-refractivity contribution is 7.89. The van der Waals surface area contributed by atoms with Gasteiger partial charge < -0.3 is 14.3 Å². The Labute approximate surface area is 186 Å². The number of anilines is 1. The second-order valence-corrected chi connectivity index (χ2v) is 9.72. The maximum Gasteiger partial charge on any atom is 0.248 e. The van der Waals surface area contributed by atoms with Gasteiger partial charge in [-0.15, -0.1) is 0 Å². The molecule has 8 nitrogen and oxygen atoms in total. The molecule has 0 saturated carbocycles. The molecule has 3 aromatic rings. The first-order valence-electron chi connectivity index (χ1n) is 10.4. The summed E-state index contributed by atoms with van der Waals surface area (Å²) in [6, 6.07) is 11.1. The smallest absolute Gasteiger partial charge is 0.248 e. The number of nitrogens with one attached hydrogen (secondary N) is 1. The molecule has 0 aliphatic carbocycles. The van der Waals surface area contributed by atoms with Gasteiger partial charge in [0.2, 0.25) is 15.9 Å². The average molecular weight is 456 g/mol. The molecule has 1 amide bonds. The zero-order chi connectivity index (χ0) is 22.7. The van der Waals surface area contributed by atoms with Crippen molar-refractivity contribution in [2.24, 2.45) is 5.92 Å². The quantitative estimate of drug-likeness (QED) is 0.600. The minimum absolute atomic E-state index is 0.0443. The fraction of sp³-hybridized carbons (Fsp3) is 0.304. The van der Waals surface area contributed by atoms with Gasteiger partial charge in [0.25, 0.3) is 0 Å². The van der Waals surface area contributed by atoms with E-state index in [-0.39, 0.29) is 35.6 Å². The van der Waals surface area contributed by atoms with E-state index >= 15 is 0 Å². The molecular formula is C23H25N3O5S. The summed E-state index contributed by atoms with van der Waals surface area (Å²) in [5.41, 5.74) is 2.15. The minimum Gasteiger partial charge on any atom is -0.465 e. The number of aromatic nitrogens is 1. The van der Waals surface area contributed by atoms with Crippen LogP contribution in [0.3, 0.4) is 0 Å². The second kappa shape index (κ2) is 9.13. The number of furan rings is 1. The molecule has 1 aliphatic rings. The third kappa shape index (κ3) is 4.68. The lowest BCUT2D eigenvalue weighted by atomic mass is 9.97. The summed E-state index contributed by atoms with van der Waals surface area (Å²) in [4.78, 5) is 12.7. The Balaban J connectivity index is 1.43. The molecule has 0 bridgehead atoms. The number of carbonyl (C=O) groups is 1. The van der Waals surface area contributed by atoms with Crippen molar-refractivity contribution in [3.63, 3.8) is 0 Å². The van der Waals surface area contributed by atoms with Gasteiger partial charge in [0.15, 0.2) is 10.7 Å². The van der Waals surface area contributed by atoms with E-state index in [4.69, 9.17) is 8.94 Å². The van der Waals surface area contributed by atoms with Gasteiger partial charge in [-0.05, 0) is 63.1 Å². The molecule has 32 heavy (non-hydrogen) atoms. The maximum absolute atomic E-state index is 13.3. The first-order chi connectivity index (χ1) is 15.3. The molecule has 1 N–H and O–H groups in total. The number of hydrogen-bond acceptors (Lipinski definition) is 6. The molecule has 4 rings (SSSR count). The maximum atomic E-state index is 13.3. The van der Waals surface area contributed by atoms with E-state index < -0.39 is 10.0 Å². The summed E-state index contributed by atoms with van der Waals surface area (Å²) in [5.74, 6) is 0.389. The van der Waals surface area contributed by atoms with Crippen molar-refractivity contribution in [3.8, 4) is 0 Å². The molecule has 0 unspecified atom stereocenters. The lowest BCUT2D eigenvalue weighted by Crippen LogP contribution is -2.41. The summed E-state index contributed by atoms with van der Waals surface area (Å²) in [5, 5.41) is 6.77. The van der Waals surface area contributed by atoms with Gasteiger partial charge in [0.1, 0.15) is 11.5 Å². The molecule has 1 saturated heterocycles. The van der Waals surface area contributed by atoms with Crippen molar-refractivity contribution >= 4 is 33.8 Å². The number of rotatable bonds is 6. The van der Waals surface area contributed by atoms with Crippen molar-refractivity contribution in [2.45, 2.75) is 31.6 Å². The standard InChI is InChI=1S/C23H25N3O5S/c1-16-5-7-19(8-6-16)24-23(27)18-11-13-26(14-12-18)32(28,29)22-17(2)25-31-21(22)10-9-20-4-3-15-30-20/h3-10,15,18H,11-14H2,1-2H3,(H,24,27)/b10-9+. The lowest BCUT2D eigenvalue weighted by molar-refractivity contribution is -0.120. The van der Waals surface area contributed by atoms with E-state index in [0.29, 0.717) is 24.3 Å². The lowest BCUT2D eigenvalue weighted by Gasteiger charge is -2.30. The van der Waals surface area contributed by atoms with Crippen molar-refractivity contribution < 1.29 is 22.2 Å². The van der Waals surface area contributed by atoms with Gasteiger partial charge in [-0.25, -0.2) is 8.42 Å². The topological polar surface area (TPSA) is 106 Å². The van der Waals surface area contributed by atoms with Crippen LogP contribution in [0.4, 0.5) is 5.69 Å². The zero-order valence-corrected chi connectivity index (χ0v) is 18.8. The van der Waals surface area contributed by atoms with Crippen molar-refractivity contribution in [1.29, 1.82) is 0 Å².